The van der Waals surface area contributed by atoms with Crippen molar-refractivity contribution in [3.8, 4) is 0 Å². The smallest absolute Gasteiger partial charge is 0.423 e. The zero-order valence-electron chi connectivity index (χ0n) is 11.6. The Morgan fingerprint density at radius 1 is 1.26 bits per heavy atom. The number of hydrogen-bond acceptors (Lipinski definition) is 3. The maximum atomic E-state index is 12.4. The average molecular weight is 259 g/mol. The molecule has 0 aliphatic heterocycles. The summed E-state index contributed by atoms with van der Waals surface area (Å²) in [5.41, 5.74) is 1.47. The van der Waals surface area contributed by atoms with Gasteiger partial charge in [0, 0.05) is 35.1 Å². The van der Waals surface area contributed by atoms with E-state index in [-0.39, 0.29) is 5.78 Å². The quantitative estimate of drug-likeness (QED) is 0.626. The molecule has 0 spiro atoms. The van der Waals surface area contributed by atoms with Crippen LogP contribution >= 0.6 is 0 Å². The molecule has 5 heteroatoms. The predicted octanol–water partition coefficient (Wildman–Crippen LogP) is 1.09. The molecule has 1 heterocycles. The third-order valence-corrected chi connectivity index (χ3v) is 3.24. The third-order valence-electron chi connectivity index (χ3n) is 3.24. The predicted molar refractivity (Wildman–Crippen MR) is 76.5 cm³/mol. The Morgan fingerprint density at radius 3 is 2.42 bits per heavy atom. The van der Waals surface area contributed by atoms with Crippen LogP contribution in [0.25, 0.3) is 10.9 Å². The highest BCUT2D eigenvalue weighted by Crippen LogP contribution is 2.27. The van der Waals surface area contributed by atoms with Crippen molar-refractivity contribution in [3.05, 3.63) is 30.0 Å². The lowest BCUT2D eigenvalue weighted by Crippen LogP contribution is -2.29. The highest BCUT2D eigenvalue weighted by atomic mass is 16.4. The number of ketones is 1. The van der Waals surface area contributed by atoms with Gasteiger partial charge in [-0.25, -0.2) is 0 Å². The van der Waals surface area contributed by atoms with Crippen molar-refractivity contribution in [1.29, 1.82) is 0 Å². The van der Waals surface area contributed by atoms with Crippen LogP contribution in [0.2, 0.25) is 0 Å². The van der Waals surface area contributed by atoms with Crippen molar-refractivity contribution in [2.24, 2.45) is 12.5 Å². The summed E-state index contributed by atoms with van der Waals surface area (Å²) in [5, 5.41) is 19.2. The second-order valence-corrected chi connectivity index (χ2v) is 5.88. The number of carbonyl (C=O) groups excluding carboxylic acids is 1. The molecule has 0 unspecified atom stereocenters. The molecule has 2 N–H and O–H groups in total. The van der Waals surface area contributed by atoms with Crippen molar-refractivity contribution < 1.29 is 14.8 Å². The van der Waals surface area contributed by atoms with Gasteiger partial charge in [0.05, 0.1) is 0 Å². The number of Topliss-reactive ketones (excluding diaryl/α,β-unsaturated/α-hetero) is 1. The van der Waals surface area contributed by atoms with Crippen molar-refractivity contribution >= 4 is 29.3 Å². The Balaban J connectivity index is 2.64. The van der Waals surface area contributed by atoms with Crippen LogP contribution in [-0.4, -0.2) is 27.5 Å². The van der Waals surface area contributed by atoms with E-state index in [2.05, 4.69) is 0 Å². The molecule has 4 nitrogen and oxygen atoms in total. The Labute approximate surface area is 112 Å². The van der Waals surface area contributed by atoms with E-state index in [1.54, 1.807) is 24.4 Å². The lowest BCUT2D eigenvalue weighted by molar-refractivity contribution is 0.0860. The molecule has 1 aromatic carbocycles. The Kier molecular flexibility index (Phi) is 3.28. The topological polar surface area (TPSA) is 62.5 Å². The van der Waals surface area contributed by atoms with Gasteiger partial charge in [-0.1, -0.05) is 32.9 Å². The highest BCUT2D eigenvalue weighted by molar-refractivity contribution is 6.58. The Bertz CT molecular complexity index is 638. The zero-order chi connectivity index (χ0) is 14.4. The van der Waals surface area contributed by atoms with Gasteiger partial charge in [-0.15, -0.1) is 0 Å². The summed E-state index contributed by atoms with van der Waals surface area (Å²) in [4.78, 5) is 12.4. The van der Waals surface area contributed by atoms with E-state index in [9.17, 15) is 14.8 Å². The third kappa shape index (κ3) is 2.44. The minimum Gasteiger partial charge on any atom is -0.423 e. The average Bonchev–Trinajstić information content (AvgIpc) is 2.64. The number of benzene rings is 1. The lowest BCUT2D eigenvalue weighted by atomic mass is 9.79. The van der Waals surface area contributed by atoms with Gasteiger partial charge >= 0.3 is 7.12 Å². The summed E-state index contributed by atoms with van der Waals surface area (Å²) in [6.45, 7) is 5.67. The fraction of sp³-hybridized carbons (Fsp3) is 0.357. The molecule has 0 saturated heterocycles. The monoisotopic (exact) mass is 259 g/mol. The van der Waals surface area contributed by atoms with E-state index in [4.69, 9.17) is 0 Å². The number of aromatic nitrogens is 1. The molecule has 0 saturated carbocycles. The van der Waals surface area contributed by atoms with Gasteiger partial charge in [0.25, 0.3) is 0 Å². The van der Waals surface area contributed by atoms with E-state index in [1.165, 1.54) is 0 Å². The summed E-state index contributed by atoms with van der Waals surface area (Å²) in [6.07, 6.45) is 1.80. The number of nitrogens with zero attached hydrogens (tertiary/aromatic N) is 1. The molecule has 0 atom stereocenters. The number of aryl methyl sites for hydroxylation is 1. The van der Waals surface area contributed by atoms with Crippen LogP contribution in [0, 0.1) is 5.41 Å². The summed E-state index contributed by atoms with van der Waals surface area (Å²) in [6, 6.07) is 5.09. The van der Waals surface area contributed by atoms with Gasteiger partial charge in [0.2, 0.25) is 0 Å². The van der Waals surface area contributed by atoms with Gasteiger partial charge in [0.15, 0.2) is 5.78 Å². The molecule has 19 heavy (non-hydrogen) atoms. The van der Waals surface area contributed by atoms with Crippen LogP contribution < -0.4 is 5.46 Å². The molecule has 0 aliphatic carbocycles. The molecular weight excluding hydrogens is 241 g/mol. The second kappa shape index (κ2) is 4.51. The molecule has 0 bridgehead atoms. The SMILES string of the molecule is Cn1cc(C(=O)C(C)(C)C)c2ccc(B(O)O)cc21. The normalized spacial score (nSPS) is 11.9. The van der Waals surface area contributed by atoms with Gasteiger partial charge in [0.1, 0.15) is 0 Å². The maximum absolute atomic E-state index is 12.4. The molecule has 0 radical (unpaired) electrons. The fourth-order valence-electron chi connectivity index (χ4n) is 2.15. The maximum Gasteiger partial charge on any atom is 0.488 e. The molecule has 0 aliphatic rings. The van der Waals surface area contributed by atoms with Crippen LogP contribution in [-0.2, 0) is 7.05 Å². The molecule has 0 fully saturated rings. The molecule has 2 rings (SSSR count). The number of rotatable bonds is 2. The summed E-state index contributed by atoms with van der Waals surface area (Å²) < 4.78 is 1.83. The first-order valence-corrected chi connectivity index (χ1v) is 6.21. The summed E-state index contributed by atoms with van der Waals surface area (Å²) >= 11 is 0. The van der Waals surface area contributed by atoms with E-state index >= 15 is 0 Å². The fourth-order valence-corrected chi connectivity index (χ4v) is 2.15. The summed E-state index contributed by atoms with van der Waals surface area (Å²) in [7, 11) is 0.344. The van der Waals surface area contributed by atoms with Crippen molar-refractivity contribution in [1.82, 2.24) is 4.57 Å². The molecular formula is C14H18BNO3. The molecule has 2 aromatic rings. The molecule has 0 amide bonds. The Hall–Kier alpha value is -1.59. The van der Waals surface area contributed by atoms with Gasteiger partial charge in [-0.2, -0.15) is 0 Å². The van der Waals surface area contributed by atoms with E-state index < -0.39 is 12.5 Å². The lowest BCUT2D eigenvalue weighted by Gasteiger charge is -2.15. The minimum absolute atomic E-state index is 0.0791. The van der Waals surface area contributed by atoms with Crippen LogP contribution in [0.1, 0.15) is 31.1 Å². The van der Waals surface area contributed by atoms with Gasteiger partial charge in [-0.05, 0) is 11.5 Å². The van der Waals surface area contributed by atoms with Crippen LogP contribution in [0.3, 0.4) is 0 Å². The van der Waals surface area contributed by atoms with Gasteiger partial charge in [-0.3, -0.25) is 4.79 Å². The van der Waals surface area contributed by atoms with Crippen LogP contribution in [0.5, 0.6) is 0 Å². The number of fused-ring (bicyclic) bond motifs is 1. The van der Waals surface area contributed by atoms with E-state index in [0.717, 1.165) is 10.9 Å². The Morgan fingerprint density at radius 2 is 1.89 bits per heavy atom. The number of hydrogen-bond donors (Lipinski definition) is 2. The standard InChI is InChI=1S/C14H18BNO3/c1-14(2,3)13(17)11-8-16(4)12-7-9(15(18)19)5-6-10(11)12/h5-8,18-19H,1-4H3. The van der Waals surface area contributed by atoms with Crippen molar-refractivity contribution in [2.45, 2.75) is 20.8 Å². The van der Waals surface area contributed by atoms with E-state index in [1.807, 2.05) is 32.4 Å². The van der Waals surface area contributed by atoms with E-state index in [0.29, 0.717) is 11.0 Å². The number of carbonyl (C=O) groups is 1. The first-order valence-electron chi connectivity index (χ1n) is 6.21. The van der Waals surface area contributed by atoms with Crippen LogP contribution in [0.4, 0.5) is 0 Å². The second-order valence-electron chi connectivity index (χ2n) is 5.88. The first kappa shape index (κ1) is 13.8. The van der Waals surface area contributed by atoms with Crippen molar-refractivity contribution in [3.63, 3.8) is 0 Å². The van der Waals surface area contributed by atoms with Crippen molar-refractivity contribution in [2.75, 3.05) is 0 Å². The molecule has 1 aromatic heterocycles. The molecule has 100 valence electrons. The highest BCUT2D eigenvalue weighted by Gasteiger charge is 2.26. The van der Waals surface area contributed by atoms with Gasteiger partial charge < -0.3 is 14.6 Å². The summed E-state index contributed by atoms with van der Waals surface area (Å²) in [5.74, 6) is 0.0791. The van der Waals surface area contributed by atoms with Crippen LogP contribution in [0.15, 0.2) is 24.4 Å². The first-order chi connectivity index (χ1) is 8.71. The minimum atomic E-state index is -1.50. The largest absolute Gasteiger partial charge is 0.488 e. The zero-order valence-corrected chi connectivity index (χ0v) is 11.6.